The fraction of sp³-hybridized carbons (Fsp3) is 0.538. The quantitative estimate of drug-likeness (QED) is 0.857. The number of halogens is 1. The van der Waals surface area contributed by atoms with Crippen LogP contribution in [0.25, 0.3) is 0 Å². The van der Waals surface area contributed by atoms with Gasteiger partial charge in [0.1, 0.15) is 0 Å². The maximum atomic E-state index is 13.6. The molecule has 1 aliphatic heterocycles. The molecule has 3 rings (SSSR count). The molecule has 0 radical (unpaired) electrons. The zero-order chi connectivity index (χ0) is 12.5. The Bertz CT molecular complexity index is 461. The van der Waals surface area contributed by atoms with Crippen LogP contribution >= 0.6 is 0 Å². The first-order valence-corrected chi connectivity index (χ1v) is 6.40. The summed E-state index contributed by atoms with van der Waals surface area (Å²) in [4.78, 5) is 15.4. The first kappa shape index (κ1) is 11.4. The van der Waals surface area contributed by atoms with Crippen molar-refractivity contribution in [1.82, 2.24) is 10.3 Å². The minimum Gasteiger partial charge on any atom is -0.363 e. The third-order valence-electron chi connectivity index (χ3n) is 3.65. The molecular formula is C13H16FN3O. The molecule has 2 aliphatic rings. The van der Waals surface area contributed by atoms with E-state index in [1.807, 2.05) is 0 Å². The van der Waals surface area contributed by atoms with Crippen LogP contribution < -0.4 is 10.6 Å². The average molecular weight is 249 g/mol. The molecule has 0 aromatic carbocycles. The predicted molar refractivity (Wildman–Crippen MR) is 65.5 cm³/mol. The zero-order valence-electron chi connectivity index (χ0n) is 10.0. The highest BCUT2D eigenvalue weighted by molar-refractivity contribution is 5.77. The number of hydrogen-bond acceptors (Lipinski definition) is 3. The molecule has 5 heteroatoms. The maximum Gasteiger partial charge on any atom is 0.220 e. The number of carbonyl (C=O) groups excluding carboxylic acids is 1. The van der Waals surface area contributed by atoms with E-state index in [4.69, 9.17) is 0 Å². The zero-order valence-corrected chi connectivity index (χ0v) is 10.0. The first-order chi connectivity index (χ1) is 8.74. The third kappa shape index (κ3) is 2.30. The van der Waals surface area contributed by atoms with Crippen LogP contribution in [0.1, 0.15) is 25.7 Å². The lowest BCUT2D eigenvalue weighted by molar-refractivity contribution is -0.123. The number of rotatable bonds is 3. The number of amides is 1. The van der Waals surface area contributed by atoms with E-state index in [-0.39, 0.29) is 29.6 Å². The van der Waals surface area contributed by atoms with Gasteiger partial charge in [0.25, 0.3) is 0 Å². The maximum absolute atomic E-state index is 13.6. The number of piperidine rings is 1. The fourth-order valence-corrected chi connectivity index (χ4v) is 2.56. The second kappa shape index (κ2) is 4.55. The van der Waals surface area contributed by atoms with E-state index >= 15 is 0 Å². The minimum atomic E-state index is -0.344. The molecule has 1 aromatic rings. The number of anilines is 1. The monoisotopic (exact) mass is 249 g/mol. The molecule has 1 aromatic heterocycles. The van der Waals surface area contributed by atoms with Crippen molar-refractivity contribution in [3.05, 3.63) is 24.1 Å². The Morgan fingerprint density at radius 2 is 2.22 bits per heavy atom. The molecule has 1 amide bonds. The molecule has 1 saturated heterocycles. The Morgan fingerprint density at radius 3 is 2.94 bits per heavy atom. The van der Waals surface area contributed by atoms with E-state index in [0.29, 0.717) is 12.3 Å². The number of hydrogen-bond donors (Lipinski definition) is 2. The number of nitrogens with zero attached hydrogens (tertiary/aromatic N) is 1. The van der Waals surface area contributed by atoms with Crippen LogP contribution in [0.15, 0.2) is 18.3 Å². The summed E-state index contributed by atoms with van der Waals surface area (Å²) in [6.45, 7) is 0. The molecule has 18 heavy (non-hydrogen) atoms. The van der Waals surface area contributed by atoms with E-state index in [9.17, 15) is 9.18 Å². The van der Waals surface area contributed by atoms with Crippen LogP contribution in [0, 0.1) is 11.7 Å². The molecular weight excluding hydrogens is 233 g/mol. The normalized spacial score (nSPS) is 27.7. The molecule has 2 heterocycles. The fourth-order valence-electron chi connectivity index (χ4n) is 2.56. The molecule has 0 unspecified atom stereocenters. The summed E-state index contributed by atoms with van der Waals surface area (Å²) >= 11 is 0. The van der Waals surface area contributed by atoms with Crippen LogP contribution in [0.4, 0.5) is 10.2 Å². The van der Waals surface area contributed by atoms with E-state index in [1.54, 1.807) is 12.3 Å². The Morgan fingerprint density at radius 1 is 1.39 bits per heavy atom. The molecule has 0 bridgehead atoms. The molecule has 4 nitrogen and oxygen atoms in total. The summed E-state index contributed by atoms with van der Waals surface area (Å²) in [6.07, 6.45) is 5.10. The first-order valence-electron chi connectivity index (χ1n) is 6.40. The van der Waals surface area contributed by atoms with Crippen LogP contribution in [-0.2, 0) is 4.79 Å². The van der Waals surface area contributed by atoms with Gasteiger partial charge in [-0.25, -0.2) is 9.37 Å². The van der Waals surface area contributed by atoms with Crippen molar-refractivity contribution in [3.8, 4) is 0 Å². The summed E-state index contributed by atoms with van der Waals surface area (Å²) in [5.74, 6) is 0.582. The lowest BCUT2D eigenvalue weighted by Crippen LogP contribution is -2.52. The van der Waals surface area contributed by atoms with Crippen LogP contribution in [-0.4, -0.2) is 23.0 Å². The molecule has 2 fully saturated rings. The Hall–Kier alpha value is -1.65. The minimum absolute atomic E-state index is 0.0830. The van der Waals surface area contributed by atoms with Crippen LogP contribution in [0.3, 0.4) is 0 Å². The van der Waals surface area contributed by atoms with E-state index < -0.39 is 0 Å². The molecule has 0 spiro atoms. The van der Waals surface area contributed by atoms with Crippen molar-refractivity contribution in [1.29, 1.82) is 0 Å². The van der Waals surface area contributed by atoms with Gasteiger partial charge in [-0.3, -0.25) is 4.79 Å². The highest BCUT2D eigenvalue weighted by Crippen LogP contribution is 2.37. The van der Waals surface area contributed by atoms with Gasteiger partial charge in [-0.05, 0) is 37.3 Å². The molecule has 2 atom stereocenters. The van der Waals surface area contributed by atoms with Crippen molar-refractivity contribution in [2.45, 2.75) is 37.8 Å². The number of aromatic nitrogens is 1. The molecule has 2 N–H and O–H groups in total. The van der Waals surface area contributed by atoms with Crippen molar-refractivity contribution in [2.24, 2.45) is 5.92 Å². The molecule has 1 aliphatic carbocycles. The highest BCUT2D eigenvalue weighted by atomic mass is 19.1. The average Bonchev–Trinajstić information content (AvgIpc) is 3.18. The van der Waals surface area contributed by atoms with Gasteiger partial charge in [-0.2, -0.15) is 0 Å². The number of nitrogens with one attached hydrogen (secondary N) is 2. The van der Waals surface area contributed by atoms with Gasteiger partial charge < -0.3 is 10.6 Å². The van der Waals surface area contributed by atoms with Gasteiger partial charge in [0.05, 0.1) is 6.04 Å². The Labute approximate surface area is 105 Å². The SMILES string of the molecule is O=C1CC[C@@H](Nc2ncccc2F)[C@H](C2CC2)N1. The smallest absolute Gasteiger partial charge is 0.220 e. The van der Waals surface area contributed by atoms with Crippen molar-refractivity contribution < 1.29 is 9.18 Å². The van der Waals surface area contributed by atoms with Crippen LogP contribution in [0.2, 0.25) is 0 Å². The largest absolute Gasteiger partial charge is 0.363 e. The summed E-state index contributed by atoms with van der Waals surface area (Å²) in [7, 11) is 0. The summed E-state index contributed by atoms with van der Waals surface area (Å²) in [5.41, 5.74) is 0. The standard InChI is InChI=1S/C13H16FN3O/c14-9-2-1-7-15-13(9)16-10-5-6-11(18)17-12(10)8-3-4-8/h1-2,7-8,10,12H,3-6H2,(H,15,16)(H,17,18)/t10-,12+/m1/s1. The Kier molecular flexibility index (Phi) is 2.89. The highest BCUT2D eigenvalue weighted by Gasteiger charge is 2.40. The second-order valence-corrected chi connectivity index (χ2v) is 5.05. The molecule has 96 valence electrons. The topological polar surface area (TPSA) is 54.0 Å². The van der Waals surface area contributed by atoms with Crippen molar-refractivity contribution >= 4 is 11.7 Å². The second-order valence-electron chi connectivity index (χ2n) is 5.05. The lowest BCUT2D eigenvalue weighted by atomic mass is 9.94. The third-order valence-corrected chi connectivity index (χ3v) is 3.65. The predicted octanol–water partition coefficient (Wildman–Crippen LogP) is 1.69. The van der Waals surface area contributed by atoms with E-state index in [1.165, 1.54) is 6.07 Å². The summed E-state index contributed by atoms with van der Waals surface area (Å²) in [6, 6.07) is 3.16. The molecule has 1 saturated carbocycles. The summed E-state index contributed by atoms with van der Waals surface area (Å²) < 4.78 is 13.6. The van der Waals surface area contributed by atoms with E-state index in [2.05, 4.69) is 15.6 Å². The van der Waals surface area contributed by atoms with Crippen molar-refractivity contribution in [2.75, 3.05) is 5.32 Å². The Balaban J connectivity index is 1.74. The van der Waals surface area contributed by atoms with Gasteiger partial charge in [-0.1, -0.05) is 0 Å². The van der Waals surface area contributed by atoms with Gasteiger partial charge in [0, 0.05) is 18.7 Å². The van der Waals surface area contributed by atoms with E-state index in [0.717, 1.165) is 19.3 Å². The van der Waals surface area contributed by atoms with Crippen LogP contribution in [0.5, 0.6) is 0 Å². The lowest BCUT2D eigenvalue weighted by Gasteiger charge is -2.33. The van der Waals surface area contributed by atoms with Crippen molar-refractivity contribution in [3.63, 3.8) is 0 Å². The van der Waals surface area contributed by atoms with Gasteiger partial charge in [0.2, 0.25) is 5.91 Å². The van der Waals surface area contributed by atoms with Gasteiger partial charge >= 0.3 is 0 Å². The van der Waals surface area contributed by atoms with Gasteiger partial charge in [-0.15, -0.1) is 0 Å². The number of pyridine rings is 1. The summed E-state index contributed by atoms with van der Waals surface area (Å²) in [5, 5.41) is 6.16. The number of carbonyl (C=O) groups is 1. The van der Waals surface area contributed by atoms with Gasteiger partial charge in [0.15, 0.2) is 11.6 Å².